The summed E-state index contributed by atoms with van der Waals surface area (Å²) in [4.78, 5) is 14.7. The van der Waals surface area contributed by atoms with Gasteiger partial charge in [0.2, 0.25) is 0 Å². The lowest BCUT2D eigenvalue weighted by molar-refractivity contribution is 0.0781. The Labute approximate surface area is 154 Å². The first kappa shape index (κ1) is 17.8. The highest BCUT2D eigenvalue weighted by Crippen LogP contribution is 2.28. The molecule has 3 rings (SSSR count). The van der Waals surface area contributed by atoms with Gasteiger partial charge in [0.05, 0.1) is 19.8 Å². The number of hydrogen-bond acceptors (Lipinski definition) is 3. The number of benzene rings is 3. The molecule has 0 fully saturated rings. The molecule has 0 spiro atoms. The van der Waals surface area contributed by atoms with Gasteiger partial charge in [-0.3, -0.25) is 4.79 Å². The Bertz CT molecular complexity index is 949. The van der Waals surface area contributed by atoms with Crippen molar-refractivity contribution in [1.29, 1.82) is 0 Å². The second-order valence-electron chi connectivity index (χ2n) is 6.38. The van der Waals surface area contributed by atoms with Gasteiger partial charge in [0.1, 0.15) is 11.5 Å². The van der Waals surface area contributed by atoms with Crippen molar-refractivity contribution < 1.29 is 14.3 Å². The molecule has 0 radical (unpaired) electrons. The second kappa shape index (κ2) is 7.48. The number of carbonyl (C=O) groups is 1. The first-order valence-electron chi connectivity index (χ1n) is 8.49. The fraction of sp³-hybridized carbons (Fsp3) is 0.227. The molecule has 26 heavy (non-hydrogen) atoms. The van der Waals surface area contributed by atoms with Crippen LogP contribution in [0.5, 0.6) is 11.5 Å². The van der Waals surface area contributed by atoms with Crippen molar-refractivity contribution in [2.75, 3.05) is 21.3 Å². The van der Waals surface area contributed by atoms with E-state index in [9.17, 15) is 4.79 Å². The summed E-state index contributed by atoms with van der Waals surface area (Å²) in [5, 5.41) is 2.06. The first-order chi connectivity index (χ1) is 12.5. The molecular formula is C22H23NO3. The average Bonchev–Trinajstić information content (AvgIpc) is 2.66. The molecule has 4 nitrogen and oxygen atoms in total. The standard InChI is InChI=1S/C22H23NO3/c1-15-9-10-20(25-3)18(11-15)14-23(2)22(24)19-12-16-7-5-6-8-17(16)13-21(19)26-4/h5-13H,14H2,1-4H3. The van der Waals surface area contributed by atoms with Crippen LogP contribution in [-0.4, -0.2) is 32.1 Å². The van der Waals surface area contributed by atoms with Crippen molar-refractivity contribution in [1.82, 2.24) is 4.90 Å². The van der Waals surface area contributed by atoms with Gasteiger partial charge in [0.25, 0.3) is 5.91 Å². The number of nitrogens with zero attached hydrogens (tertiary/aromatic N) is 1. The predicted molar refractivity (Wildman–Crippen MR) is 104 cm³/mol. The van der Waals surface area contributed by atoms with E-state index in [2.05, 4.69) is 0 Å². The van der Waals surface area contributed by atoms with Crippen LogP contribution in [-0.2, 0) is 6.54 Å². The maximum absolute atomic E-state index is 13.1. The molecular weight excluding hydrogens is 326 g/mol. The minimum atomic E-state index is -0.0869. The van der Waals surface area contributed by atoms with Crippen LogP contribution in [0.2, 0.25) is 0 Å². The van der Waals surface area contributed by atoms with Gasteiger partial charge in [-0.1, -0.05) is 42.0 Å². The maximum atomic E-state index is 13.1. The molecule has 3 aromatic carbocycles. The molecule has 4 heteroatoms. The normalized spacial score (nSPS) is 10.6. The Morgan fingerprint density at radius 2 is 1.58 bits per heavy atom. The number of methoxy groups -OCH3 is 2. The van der Waals surface area contributed by atoms with Crippen LogP contribution < -0.4 is 9.47 Å². The number of rotatable bonds is 5. The molecule has 0 bridgehead atoms. The monoisotopic (exact) mass is 349 g/mol. The quantitative estimate of drug-likeness (QED) is 0.684. The van der Waals surface area contributed by atoms with Gasteiger partial charge >= 0.3 is 0 Å². The summed E-state index contributed by atoms with van der Waals surface area (Å²) < 4.78 is 10.9. The van der Waals surface area contributed by atoms with Crippen LogP contribution >= 0.6 is 0 Å². The molecule has 134 valence electrons. The Hall–Kier alpha value is -3.01. The smallest absolute Gasteiger partial charge is 0.257 e. The Kier molecular flexibility index (Phi) is 5.12. The zero-order valence-electron chi connectivity index (χ0n) is 15.6. The second-order valence-corrected chi connectivity index (χ2v) is 6.38. The summed E-state index contributed by atoms with van der Waals surface area (Å²) in [7, 11) is 5.02. The van der Waals surface area contributed by atoms with E-state index in [4.69, 9.17) is 9.47 Å². The van der Waals surface area contributed by atoms with Crippen LogP contribution in [0.1, 0.15) is 21.5 Å². The molecule has 1 amide bonds. The first-order valence-corrected chi connectivity index (χ1v) is 8.49. The Balaban J connectivity index is 1.93. The SMILES string of the molecule is COc1ccc(C)cc1CN(C)C(=O)c1cc2ccccc2cc1OC. The van der Waals surface area contributed by atoms with E-state index < -0.39 is 0 Å². The number of amides is 1. The molecule has 0 aliphatic rings. The van der Waals surface area contributed by atoms with Gasteiger partial charge in [0.15, 0.2) is 0 Å². The van der Waals surface area contributed by atoms with E-state index in [1.54, 1.807) is 26.2 Å². The van der Waals surface area contributed by atoms with Crippen LogP contribution in [0, 0.1) is 6.92 Å². The van der Waals surface area contributed by atoms with Crippen LogP contribution in [0.15, 0.2) is 54.6 Å². The van der Waals surface area contributed by atoms with Gasteiger partial charge in [-0.25, -0.2) is 0 Å². The lowest BCUT2D eigenvalue weighted by atomic mass is 10.0. The summed E-state index contributed by atoms with van der Waals surface area (Å²) >= 11 is 0. The average molecular weight is 349 g/mol. The van der Waals surface area contributed by atoms with Crippen molar-refractivity contribution in [3.05, 3.63) is 71.3 Å². The third-order valence-corrected chi connectivity index (χ3v) is 4.49. The third-order valence-electron chi connectivity index (χ3n) is 4.49. The summed E-state index contributed by atoms with van der Waals surface area (Å²) in [6.45, 7) is 2.48. The summed E-state index contributed by atoms with van der Waals surface area (Å²) in [5.74, 6) is 1.27. The zero-order chi connectivity index (χ0) is 18.7. The Morgan fingerprint density at radius 3 is 2.23 bits per heavy atom. The number of hydrogen-bond donors (Lipinski definition) is 0. The topological polar surface area (TPSA) is 38.8 Å². The van der Waals surface area contributed by atoms with Crippen molar-refractivity contribution >= 4 is 16.7 Å². The number of fused-ring (bicyclic) bond motifs is 1. The summed E-state index contributed by atoms with van der Waals surface area (Å²) in [6.07, 6.45) is 0. The fourth-order valence-electron chi connectivity index (χ4n) is 3.12. The predicted octanol–water partition coefficient (Wildman–Crippen LogP) is 4.44. The fourth-order valence-corrected chi connectivity index (χ4v) is 3.12. The van der Waals surface area contributed by atoms with E-state index >= 15 is 0 Å². The van der Waals surface area contributed by atoms with Gasteiger partial charge in [0, 0.05) is 19.2 Å². The van der Waals surface area contributed by atoms with Crippen molar-refractivity contribution in [3.8, 4) is 11.5 Å². The molecule has 0 aliphatic heterocycles. The zero-order valence-corrected chi connectivity index (χ0v) is 15.6. The maximum Gasteiger partial charge on any atom is 0.257 e. The van der Waals surface area contributed by atoms with Gasteiger partial charge in [-0.05, 0) is 35.9 Å². The minimum absolute atomic E-state index is 0.0869. The molecule has 0 aromatic heterocycles. The summed E-state index contributed by atoms with van der Waals surface area (Å²) in [5.41, 5.74) is 2.66. The van der Waals surface area contributed by atoms with Gasteiger partial charge in [-0.15, -0.1) is 0 Å². The van der Waals surface area contributed by atoms with E-state index in [1.807, 2.05) is 61.5 Å². The lowest BCUT2D eigenvalue weighted by Gasteiger charge is -2.21. The van der Waals surface area contributed by atoms with Crippen LogP contribution in [0.3, 0.4) is 0 Å². The Morgan fingerprint density at radius 1 is 0.923 bits per heavy atom. The highest BCUT2D eigenvalue weighted by Gasteiger charge is 2.19. The number of ether oxygens (including phenoxy) is 2. The molecule has 3 aromatic rings. The molecule has 0 unspecified atom stereocenters. The minimum Gasteiger partial charge on any atom is -0.496 e. The van der Waals surface area contributed by atoms with E-state index in [1.165, 1.54) is 0 Å². The molecule has 0 saturated heterocycles. The third kappa shape index (κ3) is 3.49. The number of aryl methyl sites for hydroxylation is 1. The van der Waals surface area contributed by atoms with Crippen molar-refractivity contribution in [3.63, 3.8) is 0 Å². The van der Waals surface area contributed by atoms with Crippen LogP contribution in [0.25, 0.3) is 10.8 Å². The molecule has 0 atom stereocenters. The molecule has 0 N–H and O–H groups in total. The van der Waals surface area contributed by atoms with Crippen molar-refractivity contribution in [2.45, 2.75) is 13.5 Å². The van der Waals surface area contributed by atoms with Crippen molar-refractivity contribution in [2.24, 2.45) is 0 Å². The summed E-state index contributed by atoms with van der Waals surface area (Å²) in [6, 6.07) is 17.7. The van der Waals surface area contributed by atoms with E-state index in [0.717, 1.165) is 27.6 Å². The van der Waals surface area contributed by atoms with E-state index in [-0.39, 0.29) is 5.91 Å². The van der Waals surface area contributed by atoms with Crippen LogP contribution in [0.4, 0.5) is 0 Å². The van der Waals surface area contributed by atoms with Gasteiger partial charge < -0.3 is 14.4 Å². The molecule has 0 heterocycles. The molecule has 0 aliphatic carbocycles. The van der Waals surface area contributed by atoms with E-state index in [0.29, 0.717) is 17.9 Å². The number of carbonyl (C=O) groups excluding carboxylic acids is 1. The largest absolute Gasteiger partial charge is 0.496 e. The lowest BCUT2D eigenvalue weighted by Crippen LogP contribution is -2.27. The van der Waals surface area contributed by atoms with Gasteiger partial charge in [-0.2, -0.15) is 0 Å². The highest BCUT2D eigenvalue weighted by molar-refractivity contribution is 6.01. The molecule has 0 saturated carbocycles. The highest BCUT2D eigenvalue weighted by atomic mass is 16.5.